The van der Waals surface area contributed by atoms with Crippen molar-refractivity contribution in [2.75, 3.05) is 6.54 Å². The van der Waals surface area contributed by atoms with E-state index in [-0.39, 0.29) is 34.6 Å². The molecule has 1 aromatic carbocycles. The molecular formula is C29H40N5O8P. The van der Waals surface area contributed by atoms with Crippen LogP contribution < -0.4 is 20.5 Å². The maximum Gasteiger partial charge on any atom is 0.413 e. The maximum absolute atomic E-state index is 14.1. The van der Waals surface area contributed by atoms with Gasteiger partial charge in [-0.15, -0.1) is 0 Å². The molecule has 0 bridgehead atoms. The van der Waals surface area contributed by atoms with Gasteiger partial charge in [-0.25, -0.2) is 4.79 Å². The van der Waals surface area contributed by atoms with Crippen molar-refractivity contribution in [1.82, 2.24) is 20.6 Å². The van der Waals surface area contributed by atoms with Crippen LogP contribution in [0.5, 0.6) is 5.75 Å². The van der Waals surface area contributed by atoms with Crippen LogP contribution in [0.2, 0.25) is 0 Å². The number of amides is 4. The van der Waals surface area contributed by atoms with Crippen molar-refractivity contribution in [1.29, 1.82) is 0 Å². The van der Waals surface area contributed by atoms with E-state index < -0.39 is 58.1 Å². The molecular weight excluding hydrogens is 577 g/mol. The van der Waals surface area contributed by atoms with Crippen molar-refractivity contribution in [3.8, 4) is 5.75 Å². The molecule has 1 aromatic rings. The number of nitro benzene ring substituents is 1. The van der Waals surface area contributed by atoms with Crippen LogP contribution in [-0.4, -0.2) is 64.1 Å². The molecule has 0 aromatic heterocycles. The molecule has 14 heteroatoms. The molecule has 2 aliphatic carbocycles. The molecule has 234 valence electrons. The van der Waals surface area contributed by atoms with Crippen molar-refractivity contribution in [2.45, 2.75) is 78.4 Å². The Hall–Kier alpha value is -3.60. The van der Waals surface area contributed by atoms with E-state index >= 15 is 0 Å². The predicted molar refractivity (Wildman–Crippen MR) is 159 cm³/mol. The van der Waals surface area contributed by atoms with Gasteiger partial charge in [-0.2, -0.15) is 0 Å². The summed E-state index contributed by atoms with van der Waals surface area (Å²) in [6.45, 7) is 9.67. The van der Waals surface area contributed by atoms with E-state index in [2.05, 4.69) is 15.7 Å². The second-order valence-corrected chi connectivity index (χ2v) is 13.7. The van der Waals surface area contributed by atoms with Gasteiger partial charge in [-0.3, -0.25) is 29.3 Å². The van der Waals surface area contributed by atoms with Crippen LogP contribution in [0.3, 0.4) is 0 Å². The highest BCUT2D eigenvalue weighted by Crippen LogP contribution is 2.65. The molecule has 13 nitrogen and oxygen atoms in total. The number of nitrogens with one attached hydrogen (secondary N) is 3. The number of hydrogen-bond acceptors (Lipinski definition) is 8. The average molecular weight is 618 g/mol. The van der Waals surface area contributed by atoms with Gasteiger partial charge in [-0.1, -0.05) is 53.9 Å². The maximum atomic E-state index is 14.1. The molecule has 4 rings (SSSR count). The molecule has 0 spiro atoms. The first-order chi connectivity index (χ1) is 20.1. The Balaban J connectivity index is 1.52. The first-order valence-corrected chi connectivity index (χ1v) is 15.0. The zero-order valence-corrected chi connectivity index (χ0v) is 26.2. The molecule has 3 aliphatic rings. The van der Waals surface area contributed by atoms with Crippen LogP contribution >= 0.6 is 9.39 Å². The van der Waals surface area contributed by atoms with Crippen molar-refractivity contribution >= 4 is 44.7 Å². The van der Waals surface area contributed by atoms with Crippen LogP contribution in [-0.2, 0) is 19.2 Å². The highest BCUT2D eigenvalue weighted by Gasteiger charge is 2.70. The topological polar surface area (TPSA) is 177 Å². The summed E-state index contributed by atoms with van der Waals surface area (Å²) >= 11 is 0. The van der Waals surface area contributed by atoms with Gasteiger partial charge in [0.05, 0.1) is 11.0 Å². The largest absolute Gasteiger partial charge is 0.413 e. The molecule has 2 saturated carbocycles. The SMILES string of the molecule is CC(C)(C)[C@H](NC(=O)Oc1ccc([N+](=O)[O-])cc1)C(=O)N1CC2[C@@H]([C@H]1C(=O)NC(CC1CCC1)C(=O)C(=O)NP)C2(C)C. The van der Waals surface area contributed by atoms with Gasteiger partial charge >= 0.3 is 6.09 Å². The molecule has 1 aliphatic heterocycles. The monoisotopic (exact) mass is 617 g/mol. The summed E-state index contributed by atoms with van der Waals surface area (Å²) in [5, 5.41) is 18.6. The van der Waals surface area contributed by atoms with Crippen molar-refractivity contribution < 1.29 is 33.6 Å². The van der Waals surface area contributed by atoms with Crippen LogP contribution in [0.15, 0.2) is 24.3 Å². The van der Waals surface area contributed by atoms with Crippen molar-refractivity contribution in [2.24, 2.45) is 28.6 Å². The van der Waals surface area contributed by atoms with E-state index in [0.29, 0.717) is 13.0 Å². The molecule has 3 N–H and O–H groups in total. The van der Waals surface area contributed by atoms with Crippen LogP contribution in [0.1, 0.15) is 60.3 Å². The minimum Gasteiger partial charge on any atom is -0.410 e. The number of nitrogens with zero attached hydrogens (tertiary/aromatic N) is 2. The van der Waals surface area contributed by atoms with Crippen molar-refractivity contribution in [3.05, 3.63) is 34.4 Å². The van der Waals surface area contributed by atoms with Gasteiger partial charge in [-0.05, 0) is 56.5 Å². The van der Waals surface area contributed by atoms with E-state index in [1.807, 2.05) is 23.2 Å². The minimum atomic E-state index is -1.08. The number of carbonyl (C=O) groups excluding carboxylic acids is 5. The zero-order chi connectivity index (χ0) is 31.9. The Kier molecular flexibility index (Phi) is 9.16. The summed E-state index contributed by atoms with van der Waals surface area (Å²) in [5.74, 6) is -2.34. The first-order valence-electron chi connectivity index (χ1n) is 14.4. The van der Waals surface area contributed by atoms with Crippen molar-refractivity contribution in [3.63, 3.8) is 0 Å². The van der Waals surface area contributed by atoms with E-state index in [1.165, 1.54) is 29.2 Å². The predicted octanol–water partition coefficient (Wildman–Crippen LogP) is 2.73. The standard InChI is InChI=1S/C29H40N5O8P/c1-28(2,3)23(31-27(39)42-17-11-9-16(10-12-17)34(40)41)26(38)33-14-18-20(29(18,4)5)21(33)24(36)30-19(13-15-7-6-8-15)22(35)25(37)32-43/h9-12,15,18-21,23H,6-8,13-14,43H2,1-5H3,(H,30,36)(H,31,39)(H,32,37)/t18?,19?,20-,21-,23+/m0/s1. The summed E-state index contributed by atoms with van der Waals surface area (Å²) in [6, 6.07) is 1.97. The molecule has 3 unspecified atom stereocenters. The molecule has 0 radical (unpaired) electrons. The van der Waals surface area contributed by atoms with E-state index in [0.717, 1.165) is 19.3 Å². The number of ketones is 1. The Labute approximate surface area is 252 Å². The average Bonchev–Trinajstić information content (AvgIpc) is 3.22. The van der Waals surface area contributed by atoms with E-state index in [1.54, 1.807) is 20.8 Å². The number of likely N-dealkylation sites (tertiary alicyclic amines) is 1. The summed E-state index contributed by atoms with van der Waals surface area (Å²) in [7, 11) is 2.00. The number of benzene rings is 1. The molecule has 1 heterocycles. The fourth-order valence-electron chi connectivity index (χ4n) is 6.30. The normalized spacial score (nSPS) is 23.6. The zero-order valence-electron chi connectivity index (χ0n) is 25.0. The molecule has 6 atom stereocenters. The van der Waals surface area contributed by atoms with E-state index in [4.69, 9.17) is 4.74 Å². The Morgan fingerprint density at radius 2 is 1.74 bits per heavy atom. The van der Waals surface area contributed by atoms with Crippen LogP contribution in [0.4, 0.5) is 10.5 Å². The number of hydrogen-bond donors (Lipinski definition) is 3. The quantitative estimate of drug-likeness (QED) is 0.155. The fraction of sp³-hybridized carbons (Fsp3) is 0.621. The lowest BCUT2D eigenvalue weighted by atomic mass is 9.80. The van der Waals surface area contributed by atoms with Gasteiger partial charge in [0.2, 0.25) is 17.6 Å². The third-order valence-corrected chi connectivity index (χ3v) is 9.44. The number of fused-ring (bicyclic) bond motifs is 1. The molecule has 3 fully saturated rings. The molecule has 43 heavy (non-hydrogen) atoms. The van der Waals surface area contributed by atoms with Gasteiger partial charge in [0.25, 0.3) is 11.6 Å². The summed E-state index contributed by atoms with van der Waals surface area (Å²) < 4.78 is 5.29. The Morgan fingerprint density at radius 3 is 2.26 bits per heavy atom. The van der Waals surface area contributed by atoms with Gasteiger partial charge in [0.1, 0.15) is 17.8 Å². The van der Waals surface area contributed by atoms with Gasteiger partial charge in [0, 0.05) is 18.7 Å². The highest BCUT2D eigenvalue weighted by molar-refractivity contribution is 7.15. The second-order valence-electron chi connectivity index (χ2n) is 13.4. The number of nitro groups is 1. The third-order valence-electron chi connectivity index (χ3n) is 9.18. The second kappa shape index (κ2) is 12.2. The number of non-ortho nitro benzene ring substituents is 1. The number of ether oxygens (including phenoxy) is 1. The molecule has 1 saturated heterocycles. The molecule has 4 amide bonds. The Morgan fingerprint density at radius 1 is 1.12 bits per heavy atom. The lowest BCUT2D eigenvalue weighted by Gasteiger charge is -2.38. The lowest BCUT2D eigenvalue weighted by molar-refractivity contribution is -0.384. The number of piperidine rings is 1. The summed E-state index contributed by atoms with van der Waals surface area (Å²) in [5.41, 5.74) is -1.15. The number of rotatable bonds is 10. The van der Waals surface area contributed by atoms with Crippen LogP contribution in [0, 0.1) is 38.7 Å². The Bertz CT molecular complexity index is 1310. The number of carbonyl (C=O) groups is 5. The minimum absolute atomic E-state index is 0.0519. The lowest BCUT2D eigenvalue weighted by Crippen LogP contribution is -2.60. The van der Waals surface area contributed by atoms with Gasteiger partial charge in [0.15, 0.2) is 0 Å². The summed E-state index contributed by atoms with van der Waals surface area (Å²) in [4.78, 5) is 77.7. The highest BCUT2D eigenvalue weighted by atomic mass is 31.0. The van der Waals surface area contributed by atoms with E-state index in [9.17, 15) is 34.1 Å². The third kappa shape index (κ3) is 6.82. The fourth-order valence-corrected chi connectivity index (χ4v) is 6.44. The number of Topliss-reactive ketones (excluding diaryl/α,β-unsaturated/α-hetero) is 1. The smallest absolute Gasteiger partial charge is 0.410 e. The van der Waals surface area contributed by atoms with Crippen LogP contribution in [0.25, 0.3) is 0 Å². The summed E-state index contributed by atoms with van der Waals surface area (Å²) in [6.07, 6.45) is 2.29. The first kappa shape index (κ1) is 32.3. The van der Waals surface area contributed by atoms with Gasteiger partial charge < -0.3 is 25.4 Å².